The number of ether oxygens (including phenoxy) is 2. The van der Waals surface area contributed by atoms with E-state index in [1.165, 1.54) is 33.0 Å². The van der Waals surface area contributed by atoms with Crippen LogP contribution >= 0.6 is 0 Å². The van der Waals surface area contributed by atoms with Gasteiger partial charge in [0.15, 0.2) is 5.69 Å². The average molecular weight is 482 g/mol. The molecule has 0 aliphatic carbocycles. The number of nitrogens with zero attached hydrogens (tertiary/aromatic N) is 3. The van der Waals surface area contributed by atoms with Crippen molar-refractivity contribution in [2.45, 2.75) is 4.90 Å². The maximum atomic E-state index is 13.5. The Hall–Kier alpha value is -3.89. The Bertz CT molecular complexity index is 1480. The quantitative estimate of drug-likeness (QED) is 0.429. The van der Waals surface area contributed by atoms with Crippen LogP contribution in [0.1, 0.15) is 10.5 Å². The first kappa shape index (κ1) is 23.3. The van der Waals surface area contributed by atoms with E-state index in [-0.39, 0.29) is 11.3 Å². The van der Waals surface area contributed by atoms with Crippen LogP contribution in [0.3, 0.4) is 0 Å². The summed E-state index contributed by atoms with van der Waals surface area (Å²) in [5.74, 6) is -0.879. The molecule has 0 saturated heterocycles. The first-order valence-electron chi connectivity index (χ1n) is 10.2. The summed E-state index contributed by atoms with van der Waals surface area (Å²) in [6.45, 7) is 0. The second-order valence-corrected chi connectivity index (χ2v) is 9.66. The number of hydrogen-bond donors (Lipinski definition) is 1. The lowest BCUT2D eigenvalue weighted by Crippen LogP contribution is -2.24. The molecule has 4 aromatic rings. The maximum Gasteiger partial charge on any atom is 0.357 e. The van der Waals surface area contributed by atoms with Gasteiger partial charge in [-0.2, -0.15) is 5.10 Å². The van der Waals surface area contributed by atoms with Crippen molar-refractivity contribution in [3.05, 3.63) is 66.4 Å². The van der Waals surface area contributed by atoms with Gasteiger partial charge in [-0.25, -0.2) is 22.2 Å². The van der Waals surface area contributed by atoms with E-state index in [2.05, 4.69) is 5.10 Å². The molecule has 0 fully saturated rings. The molecule has 1 heterocycles. The summed E-state index contributed by atoms with van der Waals surface area (Å²) in [4.78, 5) is 11.8. The summed E-state index contributed by atoms with van der Waals surface area (Å²) < 4.78 is 40.3. The molecule has 0 aliphatic heterocycles. The smallest absolute Gasteiger partial charge is 0.357 e. The van der Waals surface area contributed by atoms with Gasteiger partial charge in [-0.1, -0.05) is 42.5 Å². The summed E-state index contributed by atoms with van der Waals surface area (Å²) in [7, 11) is 1.28. The first-order valence-corrected chi connectivity index (χ1v) is 11.6. The van der Waals surface area contributed by atoms with Crippen LogP contribution in [-0.2, 0) is 10.0 Å². The number of aromatic nitrogens is 2. The van der Waals surface area contributed by atoms with Crippen LogP contribution < -0.4 is 9.47 Å². The molecule has 3 aromatic carbocycles. The van der Waals surface area contributed by atoms with E-state index in [1.54, 1.807) is 30.3 Å². The number of sulfonamides is 1. The van der Waals surface area contributed by atoms with Crippen molar-refractivity contribution in [3.63, 3.8) is 0 Å². The number of fused-ring (bicyclic) bond motifs is 1. The van der Waals surface area contributed by atoms with Crippen LogP contribution in [0.2, 0.25) is 0 Å². The van der Waals surface area contributed by atoms with E-state index >= 15 is 0 Å². The van der Waals surface area contributed by atoms with Gasteiger partial charge >= 0.3 is 5.97 Å². The van der Waals surface area contributed by atoms with Gasteiger partial charge in [0.1, 0.15) is 22.1 Å². The minimum atomic E-state index is -4.26. The Morgan fingerprint density at radius 1 is 0.941 bits per heavy atom. The van der Waals surface area contributed by atoms with E-state index in [0.29, 0.717) is 17.2 Å². The van der Waals surface area contributed by atoms with Crippen LogP contribution in [0.5, 0.6) is 11.5 Å². The van der Waals surface area contributed by atoms with Crippen LogP contribution in [0.4, 0.5) is 0 Å². The monoisotopic (exact) mass is 481 g/mol. The molecular formula is C24H23N3O6S. The molecule has 9 nitrogen and oxygen atoms in total. The van der Waals surface area contributed by atoms with Crippen LogP contribution in [0.15, 0.2) is 65.6 Å². The minimum Gasteiger partial charge on any atom is -0.496 e. The molecule has 1 N–H and O–H groups in total. The predicted molar refractivity (Wildman–Crippen MR) is 127 cm³/mol. The number of rotatable bonds is 7. The third kappa shape index (κ3) is 3.66. The zero-order valence-electron chi connectivity index (χ0n) is 19.0. The van der Waals surface area contributed by atoms with Crippen molar-refractivity contribution in [1.82, 2.24) is 14.1 Å². The highest BCUT2D eigenvalue weighted by molar-refractivity contribution is 7.89. The van der Waals surface area contributed by atoms with Gasteiger partial charge in [0.05, 0.1) is 25.5 Å². The fourth-order valence-electron chi connectivity index (χ4n) is 3.84. The lowest BCUT2D eigenvalue weighted by atomic mass is 10.1. The highest BCUT2D eigenvalue weighted by Crippen LogP contribution is 2.44. The molecule has 0 aliphatic rings. The van der Waals surface area contributed by atoms with Gasteiger partial charge in [0.2, 0.25) is 10.0 Å². The van der Waals surface area contributed by atoms with Gasteiger partial charge in [0.25, 0.3) is 0 Å². The number of carbonyl (C=O) groups is 1. The van der Waals surface area contributed by atoms with Gasteiger partial charge < -0.3 is 14.6 Å². The number of methoxy groups -OCH3 is 2. The lowest BCUT2D eigenvalue weighted by molar-refractivity contribution is 0.0685. The fourth-order valence-corrected chi connectivity index (χ4v) is 5.01. The van der Waals surface area contributed by atoms with E-state index in [1.807, 2.05) is 30.3 Å². The Kier molecular flexibility index (Phi) is 6.03. The predicted octanol–water partition coefficient (Wildman–Crippen LogP) is 3.66. The number of aromatic carboxylic acids is 1. The molecule has 0 radical (unpaired) electrons. The normalized spacial score (nSPS) is 11.7. The molecule has 0 atom stereocenters. The first-order chi connectivity index (χ1) is 16.2. The fraction of sp³-hybridized carbons (Fsp3) is 0.167. The number of benzene rings is 3. The van der Waals surface area contributed by atoms with Crippen molar-refractivity contribution in [3.8, 4) is 28.4 Å². The highest BCUT2D eigenvalue weighted by atomic mass is 32.2. The van der Waals surface area contributed by atoms with E-state index in [9.17, 15) is 18.3 Å². The second-order valence-electron chi connectivity index (χ2n) is 7.57. The molecular weight excluding hydrogens is 458 g/mol. The van der Waals surface area contributed by atoms with E-state index in [0.717, 1.165) is 15.1 Å². The Morgan fingerprint density at radius 3 is 2.12 bits per heavy atom. The average Bonchev–Trinajstić information content (AvgIpc) is 3.24. The largest absolute Gasteiger partial charge is 0.496 e. The maximum absolute atomic E-state index is 13.5. The van der Waals surface area contributed by atoms with E-state index < -0.39 is 26.6 Å². The van der Waals surface area contributed by atoms with Crippen molar-refractivity contribution < 1.29 is 27.8 Å². The molecule has 0 spiro atoms. The molecule has 0 bridgehead atoms. The molecule has 0 amide bonds. The summed E-state index contributed by atoms with van der Waals surface area (Å²) in [6, 6.07) is 17.9. The molecule has 176 valence electrons. The topological polar surface area (TPSA) is 111 Å². The SMILES string of the molecule is COc1cccc(OC)c1-c1c(S(=O)(=O)N(C)C)c(C(=O)O)nn1-c1cccc2ccccc12. The second kappa shape index (κ2) is 8.81. The minimum absolute atomic E-state index is 0.0248. The molecule has 34 heavy (non-hydrogen) atoms. The zero-order valence-corrected chi connectivity index (χ0v) is 19.8. The summed E-state index contributed by atoms with van der Waals surface area (Å²) >= 11 is 0. The van der Waals surface area contributed by atoms with Gasteiger partial charge in [0, 0.05) is 19.5 Å². The van der Waals surface area contributed by atoms with Crippen molar-refractivity contribution >= 4 is 26.8 Å². The number of carboxylic acid groups (broad SMARTS) is 1. The van der Waals surface area contributed by atoms with Crippen molar-refractivity contribution in [2.75, 3.05) is 28.3 Å². The van der Waals surface area contributed by atoms with Crippen LogP contribution in [-0.4, -0.2) is 61.9 Å². The molecule has 0 saturated carbocycles. The molecule has 10 heteroatoms. The summed E-state index contributed by atoms with van der Waals surface area (Å²) in [6.07, 6.45) is 0. The summed E-state index contributed by atoms with van der Waals surface area (Å²) in [5, 5.41) is 15.9. The highest BCUT2D eigenvalue weighted by Gasteiger charge is 2.37. The Balaban J connectivity index is 2.27. The number of hydrogen-bond acceptors (Lipinski definition) is 6. The van der Waals surface area contributed by atoms with Gasteiger partial charge in [-0.05, 0) is 23.6 Å². The zero-order chi connectivity index (χ0) is 24.6. The Labute approximate surface area is 196 Å². The van der Waals surface area contributed by atoms with Crippen molar-refractivity contribution in [1.29, 1.82) is 0 Å². The van der Waals surface area contributed by atoms with Crippen LogP contribution in [0, 0.1) is 0 Å². The molecule has 0 unspecified atom stereocenters. The van der Waals surface area contributed by atoms with Gasteiger partial charge in [-0.3, -0.25) is 0 Å². The third-order valence-corrected chi connectivity index (χ3v) is 7.31. The standard InChI is InChI=1S/C24H23N3O6S/c1-26(2)34(30,31)23-21(24(28)29)25-27(17-12-7-10-15-9-5-6-11-16(15)17)22(23)20-18(32-3)13-8-14-19(20)33-4/h5-14H,1-4H3,(H,28,29). The van der Waals surface area contributed by atoms with Crippen molar-refractivity contribution in [2.24, 2.45) is 0 Å². The van der Waals surface area contributed by atoms with Gasteiger partial charge in [-0.15, -0.1) is 0 Å². The van der Waals surface area contributed by atoms with Crippen LogP contribution in [0.25, 0.3) is 27.7 Å². The third-order valence-electron chi connectivity index (χ3n) is 5.44. The number of carboxylic acids is 1. The molecule has 4 rings (SSSR count). The molecule has 1 aromatic heterocycles. The summed E-state index contributed by atoms with van der Waals surface area (Å²) in [5.41, 5.74) is 0.186. The lowest BCUT2D eigenvalue weighted by Gasteiger charge is -2.18. The van der Waals surface area contributed by atoms with E-state index in [4.69, 9.17) is 9.47 Å². The Morgan fingerprint density at radius 2 is 1.53 bits per heavy atom.